The van der Waals surface area contributed by atoms with Gasteiger partial charge in [0.1, 0.15) is 30.0 Å². The number of benzene rings is 3. The van der Waals surface area contributed by atoms with Crippen LogP contribution in [-0.2, 0) is 41.7 Å². The number of hydroxylamine groups is 1. The minimum atomic E-state index is -1.99. The fourth-order valence-electron chi connectivity index (χ4n) is 5.69. The highest BCUT2D eigenvalue weighted by Crippen LogP contribution is 2.21. The van der Waals surface area contributed by atoms with E-state index in [1.54, 1.807) is 52.0 Å². The molecule has 4 atom stereocenters. The van der Waals surface area contributed by atoms with E-state index in [4.69, 9.17) is 9.47 Å². The molecule has 54 heavy (non-hydrogen) atoms. The Hall–Kier alpha value is -5.96. The van der Waals surface area contributed by atoms with E-state index >= 15 is 0 Å². The maximum absolute atomic E-state index is 13.7. The fraction of sp³-hybridized carbons (Fsp3) is 0.385. The molecule has 0 radical (unpaired) electrons. The van der Waals surface area contributed by atoms with Crippen LogP contribution in [0.1, 0.15) is 63.3 Å². The Balaban J connectivity index is 1.42. The summed E-state index contributed by atoms with van der Waals surface area (Å²) < 4.78 is 11.2. The Morgan fingerprint density at radius 3 is 2.09 bits per heavy atom. The first-order chi connectivity index (χ1) is 25.7. The highest BCUT2D eigenvalue weighted by molar-refractivity contribution is 6.08. The van der Waals surface area contributed by atoms with Crippen LogP contribution in [0.25, 0.3) is 0 Å². The summed E-state index contributed by atoms with van der Waals surface area (Å²) in [5.74, 6) is -3.93. The number of rotatable bonds is 15. The standard InChI is InChI=1S/C39H48N6O9/c1-25(28-14-9-6-10-15-28)41-34(47)30(22-26-17-19-29(20-18-26)53-24-27-12-7-5-8-13-27)42-36(49)33(37(50)44-52)43-32(46)23-40-35(48)31-16-11-21-45(31)38(51)54-39(2,3)4/h5-10,12-15,17-20,25,30-31,33,52H,11,16,21-24H2,1-4H3,(H,40,48)(H,41,47)(H,42,49)(H,43,46)(H,44,50)/t25-,30-,31-,33?/m0/s1. The highest BCUT2D eigenvalue weighted by atomic mass is 16.6. The lowest BCUT2D eigenvalue weighted by molar-refractivity contribution is -0.142. The third-order valence-corrected chi connectivity index (χ3v) is 8.45. The van der Waals surface area contributed by atoms with E-state index in [1.807, 2.05) is 60.7 Å². The lowest BCUT2D eigenvalue weighted by Gasteiger charge is -2.28. The van der Waals surface area contributed by atoms with Gasteiger partial charge in [-0.15, -0.1) is 0 Å². The summed E-state index contributed by atoms with van der Waals surface area (Å²) in [7, 11) is 0. The van der Waals surface area contributed by atoms with Crippen LogP contribution in [0.4, 0.5) is 4.79 Å². The van der Waals surface area contributed by atoms with Gasteiger partial charge in [-0.05, 0) is 69.4 Å². The fourth-order valence-corrected chi connectivity index (χ4v) is 5.69. The molecule has 15 heteroatoms. The lowest BCUT2D eigenvalue weighted by Crippen LogP contribution is -2.60. The van der Waals surface area contributed by atoms with E-state index in [0.29, 0.717) is 37.3 Å². The topological polar surface area (TPSA) is 204 Å². The van der Waals surface area contributed by atoms with Crippen LogP contribution in [0.2, 0.25) is 0 Å². The van der Waals surface area contributed by atoms with E-state index in [0.717, 1.165) is 11.1 Å². The van der Waals surface area contributed by atoms with E-state index in [1.165, 1.54) is 10.4 Å². The SMILES string of the molecule is C[C@H](NC(=O)[C@H](Cc1ccc(OCc2ccccc2)cc1)NC(=O)C(NC(=O)CNC(=O)[C@@H]1CCCN1C(=O)OC(C)(C)C)C(=O)NO)c1ccccc1. The Labute approximate surface area is 314 Å². The zero-order valence-corrected chi connectivity index (χ0v) is 30.8. The molecule has 0 bridgehead atoms. The first-order valence-electron chi connectivity index (χ1n) is 17.7. The summed E-state index contributed by atoms with van der Waals surface area (Å²) in [6.07, 6.45) is 0.226. The van der Waals surface area contributed by atoms with Crippen LogP contribution in [0.5, 0.6) is 5.75 Å². The minimum Gasteiger partial charge on any atom is -0.489 e. The maximum atomic E-state index is 13.7. The third kappa shape index (κ3) is 12.3. The maximum Gasteiger partial charge on any atom is 0.410 e. The Morgan fingerprint density at radius 1 is 0.815 bits per heavy atom. The number of nitrogens with one attached hydrogen (secondary N) is 5. The zero-order valence-electron chi connectivity index (χ0n) is 30.8. The van der Waals surface area contributed by atoms with Gasteiger partial charge in [0.25, 0.3) is 11.8 Å². The van der Waals surface area contributed by atoms with Gasteiger partial charge in [-0.25, -0.2) is 10.3 Å². The number of amides is 6. The summed E-state index contributed by atoms with van der Waals surface area (Å²) in [5, 5.41) is 19.5. The van der Waals surface area contributed by atoms with E-state index < -0.39 is 71.9 Å². The van der Waals surface area contributed by atoms with Gasteiger partial charge in [0.2, 0.25) is 17.7 Å². The molecule has 1 saturated heterocycles. The molecule has 0 aliphatic carbocycles. The summed E-state index contributed by atoms with van der Waals surface area (Å²) in [6.45, 7) is 6.88. The van der Waals surface area contributed by atoms with Gasteiger partial charge in [-0.1, -0.05) is 72.8 Å². The van der Waals surface area contributed by atoms with Crippen LogP contribution < -0.4 is 31.5 Å². The second kappa shape index (κ2) is 19.2. The monoisotopic (exact) mass is 744 g/mol. The van der Waals surface area contributed by atoms with E-state index in [-0.39, 0.29) is 6.42 Å². The molecule has 0 saturated carbocycles. The lowest BCUT2D eigenvalue weighted by atomic mass is 10.0. The van der Waals surface area contributed by atoms with Crippen LogP contribution in [0, 0.1) is 0 Å². The average molecular weight is 745 g/mol. The number of carbonyl (C=O) groups excluding carboxylic acids is 6. The molecule has 1 aliphatic rings. The van der Waals surface area contributed by atoms with Gasteiger partial charge in [-0.3, -0.25) is 34.1 Å². The molecule has 15 nitrogen and oxygen atoms in total. The third-order valence-electron chi connectivity index (χ3n) is 8.45. The van der Waals surface area contributed by atoms with Crippen molar-refractivity contribution in [2.75, 3.05) is 13.1 Å². The van der Waals surface area contributed by atoms with Crippen molar-refractivity contribution < 1.29 is 43.4 Å². The predicted octanol–water partition coefficient (Wildman–Crippen LogP) is 2.68. The van der Waals surface area contributed by atoms with Crippen LogP contribution in [0.3, 0.4) is 0 Å². The molecule has 1 fully saturated rings. The van der Waals surface area contributed by atoms with Gasteiger partial charge in [0.05, 0.1) is 12.6 Å². The number of hydrogen-bond acceptors (Lipinski definition) is 9. The molecule has 0 spiro atoms. The Morgan fingerprint density at radius 2 is 1.46 bits per heavy atom. The molecular formula is C39H48N6O9. The summed E-state index contributed by atoms with van der Waals surface area (Å²) in [5.41, 5.74) is 3.04. The van der Waals surface area contributed by atoms with Crippen molar-refractivity contribution >= 4 is 35.6 Å². The Kier molecular flexibility index (Phi) is 14.5. The van der Waals surface area contributed by atoms with E-state index in [9.17, 15) is 34.0 Å². The van der Waals surface area contributed by atoms with Crippen molar-refractivity contribution in [1.29, 1.82) is 0 Å². The minimum absolute atomic E-state index is 0.00888. The van der Waals surface area contributed by atoms with Crippen LogP contribution in [-0.4, -0.2) is 82.6 Å². The number of likely N-dealkylation sites (tertiary alicyclic amines) is 1. The van der Waals surface area contributed by atoms with Gasteiger partial charge in [0.15, 0.2) is 6.04 Å². The predicted molar refractivity (Wildman–Crippen MR) is 197 cm³/mol. The normalized spacial score (nSPS) is 15.5. The second-order valence-corrected chi connectivity index (χ2v) is 13.9. The Bertz CT molecular complexity index is 1750. The van der Waals surface area contributed by atoms with Gasteiger partial charge < -0.3 is 30.7 Å². The molecule has 1 heterocycles. The number of nitrogens with zero attached hydrogens (tertiary/aromatic N) is 1. The van der Waals surface area contributed by atoms with E-state index in [2.05, 4.69) is 21.3 Å². The average Bonchev–Trinajstić information content (AvgIpc) is 3.66. The van der Waals surface area contributed by atoms with Crippen LogP contribution in [0.15, 0.2) is 84.9 Å². The number of ether oxygens (including phenoxy) is 2. The zero-order chi connectivity index (χ0) is 39.3. The molecule has 3 aromatic carbocycles. The quantitative estimate of drug-likeness (QED) is 0.0768. The molecule has 0 aromatic heterocycles. The molecular weight excluding hydrogens is 696 g/mol. The largest absolute Gasteiger partial charge is 0.489 e. The number of hydrogen-bond donors (Lipinski definition) is 6. The van der Waals surface area contributed by atoms with Crippen molar-refractivity contribution in [3.05, 3.63) is 102 Å². The molecule has 1 aliphatic heterocycles. The smallest absolute Gasteiger partial charge is 0.410 e. The van der Waals surface area contributed by atoms with Crippen molar-refractivity contribution in [2.24, 2.45) is 0 Å². The molecule has 288 valence electrons. The van der Waals surface area contributed by atoms with Crippen molar-refractivity contribution in [2.45, 2.75) is 83.3 Å². The second-order valence-electron chi connectivity index (χ2n) is 13.9. The van der Waals surface area contributed by atoms with Crippen molar-refractivity contribution in [3.8, 4) is 5.75 Å². The highest BCUT2D eigenvalue weighted by Gasteiger charge is 2.37. The first-order valence-corrected chi connectivity index (χ1v) is 17.7. The molecule has 4 rings (SSSR count). The molecule has 6 amide bonds. The number of carbonyl (C=O) groups is 6. The van der Waals surface area contributed by atoms with Gasteiger partial charge >= 0.3 is 6.09 Å². The van der Waals surface area contributed by atoms with Crippen molar-refractivity contribution in [3.63, 3.8) is 0 Å². The summed E-state index contributed by atoms with van der Waals surface area (Å²) in [4.78, 5) is 79.6. The van der Waals surface area contributed by atoms with Crippen LogP contribution >= 0.6 is 0 Å². The van der Waals surface area contributed by atoms with Gasteiger partial charge in [0, 0.05) is 13.0 Å². The summed E-state index contributed by atoms with van der Waals surface area (Å²) in [6, 6.07) is 21.2. The summed E-state index contributed by atoms with van der Waals surface area (Å²) >= 11 is 0. The first kappa shape index (κ1) is 40.8. The van der Waals surface area contributed by atoms with Crippen molar-refractivity contribution in [1.82, 2.24) is 31.6 Å². The molecule has 6 N–H and O–H groups in total. The molecule has 3 aromatic rings. The molecule has 1 unspecified atom stereocenters. The van der Waals surface area contributed by atoms with Gasteiger partial charge in [-0.2, -0.15) is 0 Å².